The number of nitrogens with zero attached hydrogens (tertiary/aromatic N) is 2. The van der Waals surface area contributed by atoms with Gasteiger partial charge in [-0.1, -0.05) is 18.1 Å². The van der Waals surface area contributed by atoms with Gasteiger partial charge in [0.25, 0.3) is 5.89 Å². The fourth-order valence-electron chi connectivity index (χ4n) is 3.01. The summed E-state index contributed by atoms with van der Waals surface area (Å²) in [5.74, 6) is 1.31. The lowest BCUT2D eigenvalue weighted by atomic mass is 9.92. The van der Waals surface area contributed by atoms with Gasteiger partial charge in [0.1, 0.15) is 0 Å². The van der Waals surface area contributed by atoms with Gasteiger partial charge in [-0.2, -0.15) is 4.98 Å². The summed E-state index contributed by atoms with van der Waals surface area (Å²) >= 11 is 0. The van der Waals surface area contributed by atoms with Gasteiger partial charge in [0.15, 0.2) is 5.82 Å². The van der Waals surface area contributed by atoms with Crippen LogP contribution < -0.4 is 10.6 Å². The molecule has 1 aromatic heterocycles. The average Bonchev–Trinajstić information content (AvgIpc) is 3.06. The molecule has 128 valence electrons. The molecular weight excluding hydrogens is 304 g/mol. The van der Waals surface area contributed by atoms with E-state index in [0.717, 1.165) is 42.6 Å². The van der Waals surface area contributed by atoms with Crippen LogP contribution in [0.1, 0.15) is 38.1 Å². The summed E-state index contributed by atoms with van der Waals surface area (Å²) < 4.78 is 5.29. The zero-order valence-corrected chi connectivity index (χ0v) is 14.4. The van der Waals surface area contributed by atoms with E-state index in [0.29, 0.717) is 17.8 Å². The largest absolute Gasteiger partial charge is 0.334 e. The first-order valence-electron chi connectivity index (χ1n) is 8.54. The highest BCUT2D eigenvalue weighted by Crippen LogP contribution is 2.26. The Morgan fingerprint density at radius 3 is 3.00 bits per heavy atom. The second-order valence-corrected chi connectivity index (χ2v) is 6.46. The molecule has 2 heterocycles. The Bertz CT molecular complexity index is 726. The monoisotopic (exact) mass is 328 g/mol. The Morgan fingerprint density at radius 1 is 1.46 bits per heavy atom. The molecule has 2 aromatic rings. The van der Waals surface area contributed by atoms with E-state index < -0.39 is 0 Å². The van der Waals surface area contributed by atoms with E-state index in [1.54, 1.807) is 0 Å². The minimum absolute atomic E-state index is 0.0550. The zero-order valence-electron chi connectivity index (χ0n) is 14.4. The van der Waals surface area contributed by atoms with Crippen LogP contribution in [0, 0.1) is 12.8 Å². The lowest BCUT2D eigenvalue weighted by molar-refractivity contribution is -0.120. The quantitative estimate of drug-likeness (QED) is 0.902. The number of anilines is 1. The smallest absolute Gasteiger partial charge is 0.257 e. The van der Waals surface area contributed by atoms with Crippen LogP contribution in [0.3, 0.4) is 0 Å². The Kier molecular flexibility index (Phi) is 4.94. The first-order valence-corrected chi connectivity index (χ1v) is 8.54. The van der Waals surface area contributed by atoms with Crippen LogP contribution in [0.4, 0.5) is 5.69 Å². The summed E-state index contributed by atoms with van der Waals surface area (Å²) in [5, 5.41) is 10.4. The maximum absolute atomic E-state index is 12.6. The second kappa shape index (κ2) is 7.13. The van der Waals surface area contributed by atoms with E-state index in [4.69, 9.17) is 4.52 Å². The Morgan fingerprint density at radius 2 is 2.29 bits per heavy atom. The van der Waals surface area contributed by atoms with Crippen molar-refractivity contribution < 1.29 is 9.32 Å². The molecule has 0 aliphatic carbocycles. The fourth-order valence-corrected chi connectivity index (χ4v) is 3.01. The van der Waals surface area contributed by atoms with Crippen LogP contribution in [0.2, 0.25) is 0 Å². The van der Waals surface area contributed by atoms with Crippen molar-refractivity contribution in [3.05, 3.63) is 29.6 Å². The predicted molar refractivity (Wildman–Crippen MR) is 92.7 cm³/mol. The van der Waals surface area contributed by atoms with E-state index in [1.165, 1.54) is 0 Å². The normalized spacial score (nSPS) is 20.8. The number of rotatable bonds is 4. The average molecular weight is 328 g/mol. The van der Waals surface area contributed by atoms with E-state index >= 15 is 0 Å². The SMILES string of the molecule is CCc1noc(-c2ccc(C)c(NC(=O)[C@H]3CCN[C@@H](C)C3)c2)n1. The topological polar surface area (TPSA) is 80.0 Å². The number of carbonyl (C=O) groups excluding carboxylic acids is 1. The standard InChI is InChI=1S/C18H24N4O2/c1-4-16-21-18(24-22-16)14-6-5-11(2)15(10-14)20-17(23)13-7-8-19-12(3)9-13/h5-6,10,12-13,19H,4,7-9H2,1-3H3,(H,20,23)/t12-,13-/m0/s1. The van der Waals surface area contributed by atoms with Gasteiger partial charge >= 0.3 is 0 Å². The molecule has 3 rings (SSSR count). The number of nitrogens with one attached hydrogen (secondary N) is 2. The van der Waals surface area contributed by atoms with Crippen molar-refractivity contribution in [1.82, 2.24) is 15.5 Å². The van der Waals surface area contributed by atoms with Crippen LogP contribution in [-0.4, -0.2) is 28.6 Å². The maximum atomic E-state index is 12.6. The van der Waals surface area contributed by atoms with Crippen LogP contribution in [0.25, 0.3) is 11.5 Å². The van der Waals surface area contributed by atoms with Gasteiger partial charge in [0, 0.05) is 29.6 Å². The van der Waals surface area contributed by atoms with Crippen LogP contribution in [-0.2, 0) is 11.2 Å². The number of hydrogen-bond donors (Lipinski definition) is 2. The third kappa shape index (κ3) is 3.64. The number of amides is 1. The zero-order chi connectivity index (χ0) is 17.1. The van der Waals surface area contributed by atoms with Crippen LogP contribution >= 0.6 is 0 Å². The third-order valence-electron chi connectivity index (χ3n) is 4.52. The van der Waals surface area contributed by atoms with Crippen LogP contribution in [0.15, 0.2) is 22.7 Å². The van der Waals surface area contributed by atoms with Crippen molar-refractivity contribution in [2.24, 2.45) is 5.92 Å². The molecule has 1 saturated heterocycles. The lowest BCUT2D eigenvalue weighted by Crippen LogP contribution is -2.40. The molecular formula is C18H24N4O2. The minimum Gasteiger partial charge on any atom is -0.334 e. The lowest BCUT2D eigenvalue weighted by Gasteiger charge is -2.27. The molecule has 2 atom stereocenters. The number of benzene rings is 1. The van der Waals surface area contributed by atoms with Crippen molar-refractivity contribution in [2.75, 3.05) is 11.9 Å². The molecule has 0 unspecified atom stereocenters. The Balaban J connectivity index is 1.77. The molecule has 1 aliphatic rings. The summed E-state index contributed by atoms with van der Waals surface area (Å²) in [6.45, 7) is 6.97. The fraction of sp³-hybridized carbons (Fsp3) is 0.500. The number of aryl methyl sites for hydroxylation is 2. The Hall–Kier alpha value is -2.21. The molecule has 0 saturated carbocycles. The molecule has 2 N–H and O–H groups in total. The van der Waals surface area contributed by atoms with E-state index in [1.807, 2.05) is 32.0 Å². The van der Waals surface area contributed by atoms with E-state index in [9.17, 15) is 4.79 Å². The van der Waals surface area contributed by atoms with Gasteiger partial charge in [-0.3, -0.25) is 4.79 Å². The van der Waals surface area contributed by atoms with E-state index in [-0.39, 0.29) is 11.8 Å². The van der Waals surface area contributed by atoms with Gasteiger partial charge in [0.05, 0.1) is 0 Å². The van der Waals surface area contributed by atoms with Gasteiger partial charge < -0.3 is 15.2 Å². The first-order chi connectivity index (χ1) is 11.6. The second-order valence-electron chi connectivity index (χ2n) is 6.46. The van der Waals surface area contributed by atoms with Crippen molar-refractivity contribution in [3.8, 4) is 11.5 Å². The minimum atomic E-state index is 0.0550. The number of piperidine rings is 1. The van der Waals surface area contributed by atoms with Gasteiger partial charge in [0.2, 0.25) is 5.91 Å². The molecule has 1 amide bonds. The molecule has 1 fully saturated rings. The molecule has 6 nitrogen and oxygen atoms in total. The number of carbonyl (C=O) groups is 1. The maximum Gasteiger partial charge on any atom is 0.257 e. The summed E-state index contributed by atoms with van der Waals surface area (Å²) in [6, 6.07) is 6.19. The summed E-state index contributed by atoms with van der Waals surface area (Å²) in [7, 11) is 0. The predicted octanol–water partition coefficient (Wildman–Crippen LogP) is 2.93. The summed E-state index contributed by atoms with van der Waals surface area (Å²) in [4.78, 5) is 16.9. The van der Waals surface area contributed by atoms with Crippen molar-refractivity contribution in [1.29, 1.82) is 0 Å². The van der Waals surface area contributed by atoms with Gasteiger partial charge in [-0.25, -0.2) is 0 Å². The van der Waals surface area contributed by atoms with Gasteiger partial charge in [-0.05, 0) is 50.9 Å². The van der Waals surface area contributed by atoms with Crippen molar-refractivity contribution in [3.63, 3.8) is 0 Å². The first kappa shape index (κ1) is 16.6. The molecule has 24 heavy (non-hydrogen) atoms. The number of aromatic nitrogens is 2. The molecule has 1 aromatic carbocycles. The molecule has 1 aliphatic heterocycles. The Labute approximate surface area is 142 Å². The van der Waals surface area contributed by atoms with E-state index in [2.05, 4.69) is 27.7 Å². The summed E-state index contributed by atoms with van der Waals surface area (Å²) in [5.41, 5.74) is 2.64. The highest BCUT2D eigenvalue weighted by atomic mass is 16.5. The van der Waals surface area contributed by atoms with Crippen molar-refractivity contribution in [2.45, 2.75) is 46.1 Å². The molecule has 0 radical (unpaired) electrons. The molecule has 6 heteroatoms. The molecule has 0 spiro atoms. The highest BCUT2D eigenvalue weighted by Gasteiger charge is 2.25. The van der Waals surface area contributed by atoms with Gasteiger partial charge in [-0.15, -0.1) is 0 Å². The highest BCUT2D eigenvalue weighted by molar-refractivity contribution is 5.94. The summed E-state index contributed by atoms with van der Waals surface area (Å²) in [6.07, 6.45) is 2.47. The molecule has 0 bridgehead atoms. The third-order valence-corrected chi connectivity index (χ3v) is 4.52. The van der Waals surface area contributed by atoms with Crippen molar-refractivity contribution >= 4 is 11.6 Å². The van der Waals surface area contributed by atoms with Crippen LogP contribution in [0.5, 0.6) is 0 Å². The number of hydrogen-bond acceptors (Lipinski definition) is 5.